The highest BCUT2D eigenvalue weighted by molar-refractivity contribution is 7.99. The first-order chi connectivity index (χ1) is 11.1. The van der Waals surface area contributed by atoms with Gasteiger partial charge in [0.2, 0.25) is 5.91 Å². The summed E-state index contributed by atoms with van der Waals surface area (Å²) in [6.07, 6.45) is 1.62. The van der Waals surface area contributed by atoms with Crippen molar-refractivity contribution in [2.75, 3.05) is 5.75 Å². The Morgan fingerprint density at radius 2 is 2.04 bits per heavy atom. The molecular weight excluding hydrogens is 308 g/mol. The molecule has 1 amide bonds. The zero-order valence-electron chi connectivity index (χ0n) is 13.1. The molecule has 6 heteroatoms. The minimum Gasteiger partial charge on any atom is -0.349 e. The van der Waals surface area contributed by atoms with Crippen LogP contribution in [0.4, 0.5) is 0 Å². The van der Waals surface area contributed by atoms with Crippen molar-refractivity contribution >= 4 is 28.4 Å². The molecule has 118 valence electrons. The lowest BCUT2D eigenvalue weighted by Gasteiger charge is -2.16. The summed E-state index contributed by atoms with van der Waals surface area (Å²) in [7, 11) is 1.86. The van der Waals surface area contributed by atoms with Crippen LogP contribution in [0.1, 0.15) is 18.5 Å². The largest absolute Gasteiger partial charge is 0.349 e. The van der Waals surface area contributed by atoms with Gasteiger partial charge < -0.3 is 9.88 Å². The van der Waals surface area contributed by atoms with Crippen molar-refractivity contribution in [1.82, 2.24) is 20.1 Å². The van der Waals surface area contributed by atoms with Crippen molar-refractivity contribution in [1.29, 1.82) is 0 Å². The van der Waals surface area contributed by atoms with E-state index in [2.05, 4.69) is 39.8 Å². The van der Waals surface area contributed by atoms with Crippen molar-refractivity contribution in [2.24, 2.45) is 7.05 Å². The third kappa shape index (κ3) is 3.53. The number of carbonyl (C=O) groups is 1. The molecule has 1 aromatic heterocycles. The van der Waals surface area contributed by atoms with Gasteiger partial charge in [-0.25, -0.2) is 0 Å². The first kappa shape index (κ1) is 15.6. The maximum atomic E-state index is 12.2. The topological polar surface area (TPSA) is 59.8 Å². The molecule has 1 heterocycles. The summed E-state index contributed by atoms with van der Waals surface area (Å²) in [5, 5.41) is 13.9. The fourth-order valence-electron chi connectivity index (χ4n) is 2.52. The fraction of sp³-hybridized carbons (Fsp3) is 0.235. The fourth-order valence-corrected chi connectivity index (χ4v) is 3.22. The molecule has 0 aliphatic rings. The number of thioether (sulfide) groups is 1. The number of aromatic nitrogens is 3. The van der Waals surface area contributed by atoms with Crippen LogP contribution in [-0.2, 0) is 11.8 Å². The van der Waals surface area contributed by atoms with Gasteiger partial charge in [-0.2, -0.15) is 0 Å². The SMILES string of the molecule is C[C@@H](NC(=O)CSc1nncn1C)c1cccc2ccccc12. The van der Waals surface area contributed by atoms with Crippen LogP contribution in [-0.4, -0.2) is 26.4 Å². The number of nitrogens with one attached hydrogen (secondary N) is 1. The van der Waals surface area contributed by atoms with Crippen LogP contribution in [0, 0.1) is 0 Å². The van der Waals surface area contributed by atoms with E-state index in [4.69, 9.17) is 0 Å². The summed E-state index contributed by atoms with van der Waals surface area (Å²) in [6.45, 7) is 2.01. The van der Waals surface area contributed by atoms with Crippen LogP contribution in [0.15, 0.2) is 53.9 Å². The van der Waals surface area contributed by atoms with Gasteiger partial charge in [0, 0.05) is 7.05 Å². The lowest BCUT2D eigenvalue weighted by Crippen LogP contribution is -2.28. The lowest BCUT2D eigenvalue weighted by molar-refractivity contribution is -0.119. The van der Waals surface area contributed by atoms with Gasteiger partial charge in [0.1, 0.15) is 6.33 Å². The van der Waals surface area contributed by atoms with E-state index in [1.54, 1.807) is 10.9 Å². The van der Waals surface area contributed by atoms with Gasteiger partial charge in [0.15, 0.2) is 5.16 Å². The number of benzene rings is 2. The summed E-state index contributed by atoms with van der Waals surface area (Å²) >= 11 is 1.38. The third-order valence-corrected chi connectivity index (χ3v) is 4.70. The molecule has 0 fully saturated rings. The molecule has 3 rings (SSSR count). The molecule has 0 aliphatic carbocycles. The summed E-state index contributed by atoms with van der Waals surface area (Å²) in [4.78, 5) is 12.2. The maximum Gasteiger partial charge on any atom is 0.230 e. The van der Waals surface area contributed by atoms with Gasteiger partial charge in [-0.05, 0) is 23.3 Å². The van der Waals surface area contributed by atoms with Crippen molar-refractivity contribution < 1.29 is 4.79 Å². The van der Waals surface area contributed by atoms with Gasteiger partial charge in [-0.3, -0.25) is 4.79 Å². The average molecular weight is 326 g/mol. The van der Waals surface area contributed by atoms with Crippen LogP contribution in [0.2, 0.25) is 0 Å². The zero-order chi connectivity index (χ0) is 16.2. The van der Waals surface area contributed by atoms with Crippen molar-refractivity contribution in [3.8, 4) is 0 Å². The molecule has 0 saturated heterocycles. The van der Waals surface area contributed by atoms with E-state index < -0.39 is 0 Å². The molecular formula is C17H18N4OS. The zero-order valence-corrected chi connectivity index (χ0v) is 13.9. The van der Waals surface area contributed by atoms with Gasteiger partial charge in [-0.1, -0.05) is 54.2 Å². The Labute approximate surface area is 139 Å². The first-order valence-electron chi connectivity index (χ1n) is 7.39. The summed E-state index contributed by atoms with van der Waals surface area (Å²) in [5.41, 5.74) is 1.13. The highest BCUT2D eigenvalue weighted by atomic mass is 32.2. The van der Waals surface area contributed by atoms with E-state index in [0.29, 0.717) is 5.75 Å². The number of rotatable bonds is 5. The lowest BCUT2D eigenvalue weighted by atomic mass is 10.00. The summed E-state index contributed by atoms with van der Waals surface area (Å²) < 4.78 is 1.80. The number of hydrogen-bond donors (Lipinski definition) is 1. The Hall–Kier alpha value is -2.34. The number of nitrogens with zero attached hydrogens (tertiary/aromatic N) is 3. The second-order valence-corrected chi connectivity index (χ2v) is 6.31. The highest BCUT2D eigenvalue weighted by Crippen LogP contribution is 2.24. The molecule has 0 saturated carbocycles. The van der Waals surface area contributed by atoms with E-state index >= 15 is 0 Å². The molecule has 1 atom stereocenters. The molecule has 23 heavy (non-hydrogen) atoms. The standard InChI is InChI=1S/C17H18N4OS/c1-12(14-9-5-7-13-6-3-4-8-15(13)14)19-16(22)10-23-17-20-18-11-21(17)2/h3-9,11-12H,10H2,1-2H3,(H,19,22)/t12-/m1/s1. The molecule has 0 spiro atoms. The predicted molar refractivity (Wildman–Crippen MR) is 92.2 cm³/mol. The van der Waals surface area contributed by atoms with Crippen LogP contribution >= 0.6 is 11.8 Å². The number of amides is 1. The van der Waals surface area contributed by atoms with Crippen molar-refractivity contribution in [3.05, 3.63) is 54.4 Å². The smallest absolute Gasteiger partial charge is 0.230 e. The van der Waals surface area contributed by atoms with Gasteiger partial charge in [0.25, 0.3) is 0 Å². The summed E-state index contributed by atoms with van der Waals surface area (Å²) in [5.74, 6) is 0.306. The maximum absolute atomic E-state index is 12.2. The Bertz CT molecular complexity index is 825. The number of aryl methyl sites for hydroxylation is 1. The minimum atomic E-state index is -0.0475. The van der Waals surface area contributed by atoms with Crippen LogP contribution in [0.3, 0.4) is 0 Å². The van der Waals surface area contributed by atoms with Gasteiger partial charge >= 0.3 is 0 Å². The third-order valence-electron chi connectivity index (χ3n) is 3.67. The molecule has 0 unspecified atom stereocenters. The predicted octanol–water partition coefficient (Wildman–Crippen LogP) is 2.94. The highest BCUT2D eigenvalue weighted by Gasteiger charge is 2.13. The summed E-state index contributed by atoms with van der Waals surface area (Å²) in [6, 6.07) is 14.3. The number of carbonyl (C=O) groups excluding carboxylic acids is 1. The quantitative estimate of drug-likeness (QED) is 0.732. The molecule has 2 aromatic carbocycles. The van der Waals surface area contributed by atoms with Crippen molar-refractivity contribution in [3.63, 3.8) is 0 Å². The molecule has 0 radical (unpaired) electrons. The van der Waals surface area contributed by atoms with E-state index in [1.807, 2.05) is 32.2 Å². The van der Waals surface area contributed by atoms with E-state index in [1.165, 1.54) is 22.5 Å². The second kappa shape index (κ2) is 6.83. The van der Waals surface area contributed by atoms with Crippen LogP contribution < -0.4 is 5.32 Å². The second-order valence-electron chi connectivity index (χ2n) is 5.37. The first-order valence-corrected chi connectivity index (χ1v) is 8.37. The van der Waals surface area contributed by atoms with E-state index in [0.717, 1.165) is 10.7 Å². The molecule has 0 aliphatic heterocycles. The van der Waals surface area contributed by atoms with E-state index in [-0.39, 0.29) is 11.9 Å². The molecule has 5 nitrogen and oxygen atoms in total. The minimum absolute atomic E-state index is 0.0153. The molecule has 3 aromatic rings. The molecule has 1 N–H and O–H groups in total. The van der Waals surface area contributed by atoms with Gasteiger partial charge in [0.05, 0.1) is 11.8 Å². The number of hydrogen-bond acceptors (Lipinski definition) is 4. The Balaban J connectivity index is 1.67. The van der Waals surface area contributed by atoms with E-state index in [9.17, 15) is 4.79 Å². The van der Waals surface area contributed by atoms with Crippen molar-refractivity contribution in [2.45, 2.75) is 18.1 Å². The molecule has 0 bridgehead atoms. The average Bonchev–Trinajstić information content (AvgIpc) is 2.97. The van der Waals surface area contributed by atoms with Gasteiger partial charge in [-0.15, -0.1) is 10.2 Å². The Morgan fingerprint density at radius 1 is 1.26 bits per heavy atom. The monoisotopic (exact) mass is 326 g/mol. The Morgan fingerprint density at radius 3 is 2.83 bits per heavy atom. The van der Waals surface area contributed by atoms with Crippen LogP contribution in [0.25, 0.3) is 10.8 Å². The number of fused-ring (bicyclic) bond motifs is 1. The van der Waals surface area contributed by atoms with Crippen LogP contribution in [0.5, 0.6) is 0 Å². The normalized spacial score (nSPS) is 12.3. The Kier molecular flexibility index (Phi) is 4.62.